The van der Waals surface area contributed by atoms with Crippen LogP contribution in [0.15, 0.2) is 0 Å². The zero-order valence-electron chi connectivity index (χ0n) is 14.2. The smallest absolute Gasteiger partial charge is 0.0234 e. The molecule has 2 rings (SSSR count). The Balaban J connectivity index is 2.25. The van der Waals surface area contributed by atoms with Crippen LogP contribution in [0.1, 0.15) is 67.2 Å². The molecule has 112 valence electrons. The summed E-state index contributed by atoms with van der Waals surface area (Å²) in [6.07, 6.45) is 5.51. The van der Waals surface area contributed by atoms with E-state index in [-0.39, 0.29) is 5.54 Å². The molecule has 0 aromatic heterocycles. The second-order valence-electron chi connectivity index (χ2n) is 8.95. The highest BCUT2D eigenvalue weighted by Gasteiger charge is 2.49. The fraction of sp³-hybridized carbons (Fsp3) is 1.00. The van der Waals surface area contributed by atoms with Gasteiger partial charge in [0.2, 0.25) is 0 Å². The van der Waals surface area contributed by atoms with E-state index in [9.17, 15) is 0 Å². The van der Waals surface area contributed by atoms with Gasteiger partial charge in [-0.1, -0.05) is 20.8 Å². The Bertz CT molecular complexity index is 323. The predicted molar refractivity (Wildman–Crippen MR) is 83.5 cm³/mol. The molecule has 2 saturated heterocycles. The van der Waals surface area contributed by atoms with Gasteiger partial charge in [0.05, 0.1) is 0 Å². The lowest BCUT2D eigenvalue weighted by atomic mass is 9.71. The van der Waals surface area contributed by atoms with Gasteiger partial charge in [-0.15, -0.1) is 0 Å². The van der Waals surface area contributed by atoms with Gasteiger partial charge in [-0.25, -0.2) is 0 Å². The molecule has 0 saturated carbocycles. The molecule has 2 heterocycles. The molecule has 19 heavy (non-hydrogen) atoms. The monoisotopic (exact) mass is 266 g/mol. The molecule has 2 nitrogen and oxygen atoms in total. The summed E-state index contributed by atoms with van der Waals surface area (Å²) < 4.78 is 0. The molecule has 0 aromatic rings. The molecule has 0 amide bonds. The largest absolute Gasteiger partial charge is 0.301 e. The van der Waals surface area contributed by atoms with E-state index in [0.717, 1.165) is 0 Å². The Morgan fingerprint density at radius 3 is 2.00 bits per heavy atom. The number of nitrogens with zero attached hydrogens (tertiary/aromatic N) is 2. The van der Waals surface area contributed by atoms with Crippen LogP contribution in [0.5, 0.6) is 0 Å². The van der Waals surface area contributed by atoms with E-state index >= 15 is 0 Å². The first-order valence-corrected chi connectivity index (χ1v) is 8.04. The summed E-state index contributed by atoms with van der Waals surface area (Å²) in [6, 6.07) is 0.696. The Morgan fingerprint density at radius 1 is 0.947 bits per heavy atom. The second kappa shape index (κ2) is 4.73. The summed E-state index contributed by atoms with van der Waals surface area (Å²) in [7, 11) is 2.35. The molecular weight excluding hydrogens is 232 g/mol. The fourth-order valence-corrected chi connectivity index (χ4v) is 4.28. The molecule has 2 aliphatic heterocycles. The van der Waals surface area contributed by atoms with Gasteiger partial charge in [-0.3, -0.25) is 4.90 Å². The summed E-state index contributed by atoms with van der Waals surface area (Å²) in [4.78, 5) is 5.43. The Labute approximate surface area is 120 Å². The van der Waals surface area contributed by atoms with Crippen LogP contribution in [0.25, 0.3) is 0 Å². The van der Waals surface area contributed by atoms with Crippen molar-refractivity contribution in [3.05, 3.63) is 0 Å². The summed E-state index contributed by atoms with van der Waals surface area (Å²) in [5.41, 5.74) is 1.15. The van der Waals surface area contributed by atoms with E-state index in [4.69, 9.17) is 0 Å². The van der Waals surface area contributed by atoms with Gasteiger partial charge in [0, 0.05) is 23.7 Å². The van der Waals surface area contributed by atoms with Gasteiger partial charge in [0.15, 0.2) is 0 Å². The lowest BCUT2D eigenvalue weighted by Crippen LogP contribution is -2.62. The first-order valence-electron chi connectivity index (χ1n) is 8.04. The van der Waals surface area contributed by atoms with Crippen LogP contribution in [-0.4, -0.2) is 47.1 Å². The average molecular weight is 266 g/mol. The minimum absolute atomic E-state index is 0.288. The van der Waals surface area contributed by atoms with Gasteiger partial charge in [-0.05, 0) is 65.5 Å². The average Bonchev–Trinajstić information content (AvgIpc) is 2.57. The molecule has 2 aliphatic rings. The van der Waals surface area contributed by atoms with Crippen molar-refractivity contribution in [2.24, 2.45) is 5.41 Å². The van der Waals surface area contributed by atoms with Crippen LogP contribution in [0.4, 0.5) is 0 Å². The van der Waals surface area contributed by atoms with E-state index in [0.29, 0.717) is 17.0 Å². The zero-order chi connectivity index (χ0) is 14.5. The molecule has 2 fully saturated rings. The standard InChI is InChI=1S/C17H34N2/c1-15(2,3)14-13-17(9-8-11-18(17)7)10-12-19(14)16(4,5)6/h14H,8-13H2,1-7H3. The van der Waals surface area contributed by atoms with E-state index in [1.165, 1.54) is 38.8 Å². The summed E-state index contributed by atoms with van der Waals surface area (Å²) in [6.45, 7) is 17.0. The fourth-order valence-electron chi connectivity index (χ4n) is 4.28. The Hall–Kier alpha value is -0.0800. The van der Waals surface area contributed by atoms with Crippen LogP contribution < -0.4 is 0 Å². The lowest BCUT2D eigenvalue weighted by Gasteiger charge is -2.56. The third-order valence-electron chi connectivity index (χ3n) is 5.57. The number of piperidine rings is 1. The maximum absolute atomic E-state index is 2.77. The number of likely N-dealkylation sites (tertiary alicyclic amines) is 2. The highest BCUT2D eigenvalue weighted by Crippen LogP contribution is 2.45. The van der Waals surface area contributed by atoms with E-state index in [1.807, 2.05) is 0 Å². The normalized spacial score (nSPS) is 35.2. The van der Waals surface area contributed by atoms with E-state index in [2.05, 4.69) is 58.4 Å². The van der Waals surface area contributed by atoms with Gasteiger partial charge in [-0.2, -0.15) is 0 Å². The van der Waals surface area contributed by atoms with Gasteiger partial charge < -0.3 is 4.90 Å². The first-order chi connectivity index (χ1) is 8.56. The van der Waals surface area contributed by atoms with Crippen LogP contribution in [-0.2, 0) is 0 Å². The number of rotatable bonds is 0. The topological polar surface area (TPSA) is 6.48 Å². The van der Waals surface area contributed by atoms with Crippen molar-refractivity contribution in [3.63, 3.8) is 0 Å². The van der Waals surface area contributed by atoms with E-state index < -0.39 is 0 Å². The zero-order valence-corrected chi connectivity index (χ0v) is 14.2. The maximum Gasteiger partial charge on any atom is 0.0234 e. The second-order valence-corrected chi connectivity index (χ2v) is 8.95. The van der Waals surface area contributed by atoms with Crippen LogP contribution in [0.3, 0.4) is 0 Å². The van der Waals surface area contributed by atoms with Crippen molar-refractivity contribution in [1.29, 1.82) is 0 Å². The van der Waals surface area contributed by atoms with Crippen LogP contribution in [0.2, 0.25) is 0 Å². The van der Waals surface area contributed by atoms with Gasteiger partial charge in [0.1, 0.15) is 0 Å². The van der Waals surface area contributed by atoms with Crippen molar-refractivity contribution >= 4 is 0 Å². The predicted octanol–water partition coefficient (Wildman–Crippen LogP) is 3.76. The molecule has 0 bridgehead atoms. The summed E-state index contributed by atoms with van der Waals surface area (Å²) in [5, 5.41) is 0. The number of hydrogen-bond donors (Lipinski definition) is 0. The van der Waals surface area contributed by atoms with Crippen LogP contribution in [0, 0.1) is 5.41 Å². The quantitative estimate of drug-likeness (QED) is 0.659. The molecule has 0 aliphatic carbocycles. The van der Waals surface area contributed by atoms with Crippen molar-refractivity contribution in [1.82, 2.24) is 9.80 Å². The molecule has 0 N–H and O–H groups in total. The Morgan fingerprint density at radius 2 is 1.58 bits per heavy atom. The Kier molecular flexibility index (Phi) is 3.81. The summed E-state index contributed by atoms with van der Waals surface area (Å²) in [5.74, 6) is 0. The highest BCUT2D eigenvalue weighted by molar-refractivity contribution is 5.06. The third-order valence-corrected chi connectivity index (χ3v) is 5.57. The molecule has 2 atom stereocenters. The minimum atomic E-state index is 0.288. The van der Waals surface area contributed by atoms with Gasteiger partial charge >= 0.3 is 0 Å². The first kappa shape index (κ1) is 15.3. The molecule has 0 radical (unpaired) electrons. The molecular formula is C17H34N2. The van der Waals surface area contributed by atoms with Crippen molar-refractivity contribution in [2.45, 2.75) is 84.3 Å². The molecule has 2 unspecified atom stereocenters. The van der Waals surface area contributed by atoms with Crippen molar-refractivity contribution in [3.8, 4) is 0 Å². The minimum Gasteiger partial charge on any atom is -0.301 e. The van der Waals surface area contributed by atoms with Gasteiger partial charge in [0.25, 0.3) is 0 Å². The number of hydrogen-bond acceptors (Lipinski definition) is 2. The van der Waals surface area contributed by atoms with E-state index in [1.54, 1.807) is 0 Å². The maximum atomic E-state index is 2.77. The summed E-state index contributed by atoms with van der Waals surface area (Å²) >= 11 is 0. The lowest BCUT2D eigenvalue weighted by molar-refractivity contribution is -0.0574. The molecule has 0 aromatic carbocycles. The SMILES string of the molecule is CN1CCCC12CCN(C(C)(C)C)C(C(C)(C)C)C2. The molecule has 1 spiro atoms. The third kappa shape index (κ3) is 2.85. The highest BCUT2D eigenvalue weighted by atomic mass is 15.3. The van der Waals surface area contributed by atoms with Crippen LogP contribution >= 0.6 is 0 Å². The van der Waals surface area contributed by atoms with Crippen molar-refractivity contribution < 1.29 is 0 Å². The van der Waals surface area contributed by atoms with Crippen molar-refractivity contribution in [2.75, 3.05) is 20.1 Å². The molecule has 2 heteroatoms.